The summed E-state index contributed by atoms with van der Waals surface area (Å²) in [5.74, 6) is -0.0118. The van der Waals surface area contributed by atoms with E-state index in [-0.39, 0.29) is 5.82 Å². The Balaban J connectivity index is 1.78. The molecule has 0 aliphatic carbocycles. The van der Waals surface area contributed by atoms with Crippen molar-refractivity contribution in [2.24, 2.45) is 0 Å². The molecule has 0 unspecified atom stereocenters. The van der Waals surface area contributed by atoms with Crippen LogP contribution in [0.2, 0.25) is 0 Å². The minimum absolute atomic E-state index is 0.308. The van der Waals surface area contributed by atoms with E-state index < -0.39 is 0 Å². The van der Waals surface area contributed by atoms with Gasteiger partial charge in [-0.2, -0.15) is 0 Å². The molecule has 0 amide bonds. The van der Waals surface area contributed by atoms with Gasteiger partial charge in [-0.1, -0.05) is 30.3 Å². The van der Waals surface area contributed by atoms with Crippen molar-refractivity contribution in [2.75, 3.05) is 18.5 Å². The summed E-state index contributed by atoms with van der Waals surface area (Å²) < 4.78 is 18.8. The molecule has 2 aromatic rings. The number of rotatable bonds is 7. The first-order valence-corrected chi connectivity index (χ1v) is 6.99. The molecule has 0 aliphatic rings. The highest BCUT2D eigenvalue weighted by atomic mass is 19.1. The quantitative estimate of drug-likeness (QED) is 0.761. The SMILES string of the molecule is CCOc1ccc(NCCCc2ccccc2)cc1F. The van der Waals surface area contributed by atoms with E-state index in [9.17, 15) is 4.39 Å². The summed E-state index contributed by atoms with van der Waals surface area (Å²) in [5.41, 5.74) is 2.12. The van der Waals surface area contributed by atoms with E-state index in [0.717, 1.165) is 25.1 Å². The third-order valence-corrected chi connectivity index (χ3v) is 3.05. The summed E-state index contributed by atoms with van der Waals surface area (Å²) >= 11 is 0. The minimum atomic E-state index is -0.320. The Kier molecular flexibility index (Phi) is 5.42. The van der Waals surface area contributed by atoms with E-state index in [1.807, 2.05) is 31.2 Å². The Morgan fingerprint density at radius 3 is 2.60 bits per heavy atom. The van der Waals surface area contributed by atoms with Crippen molar-refractivity contribution in [1.82, 2.24) is 0 Å². The second-order valence-corrected chi connectivity index (χ2v) is 4.59. The van der Waals surface area contributed by atoms with Gasteiger partial charge in [0.2, 0.25) is 0 Å². The monoisotopic (exact) mass is 273 g/mol. The fourth-order valence-electron chi connectivity index (χ4n) is 2.05. The highest BCUT2D eigenvalue weighted by molar-refractivity contribution is 5.47. The van der Waals surface area contributed by atoms with Crippen molar-refractivity contribution in [3.63, 3.8) is 0 Å². The number of hydrogen-bond donors (Lipinski definition) is 1. The van der Waals surface area contributed by atoms with Gasteiger partial charge in [-0.05, 0) is 37.5 Å². The molecule has 0 aliphatic heterocycles. The number of ether oxygens (including phenoxy) is 1. The first-order chi connectivity index (χ1) is 9.79. The predicted molar refractivity (Wildman–Crippen MR) is 80.8 cm³/mol. The van der Waals surface area contributed by atoms with Crippen molar-refractivity contribution in [3.8, 4) is 5.75 Å². The van der Waals surface area contributed by atoms with Gasteiger partial charge in [-0.25, -0.2) is 4.39 Å². The average Bonchev–Trinajstić information content (AvgIpc) is 2.48. The number of benzene rings is 2. The molecule has 2 rings (SSSR count). The van der Waals surface area contributed by atoms with Crippen LogP contribution in [0.25, 0.3) is 0 Å². The lowest BCUT2D eigenvalue weighted by atomic mass is 10.1. The first kappa shape index (κ1) is 14.4. The Hall–Kier alpha value is -2.03. The van der Waals surface area contributed by atoms with Gasteiger partial charge < -0.3 is 10.1 Å². The highest BCUT2D eigenvalue weighted by Gasteiger charge is 2.03. The van der Waals surface area contributed by atoms with E-state index >= 15 is 0 Å². The molecule has 2 nitrogen and oxygen atoms in total. The van der Waals surface area contributed by atoms with Crippen LogP contribution < -0.4 is 10.1 Å². The highest BCUT2D eigenvalue weighted by Crippen LogP contribution is 2.21. The van der Waals surface area contributed by atoms with E-state index in [1.54, 1.807) is 6.07 Å². The summed E-state index contributed by atoms with van der Waals surface area (Å²) in [4.78, 5) is 0. The number of aryl methyl sites for hydroxylation is 1. The topological polar surface area (TPSA) is 21.3 Å². The zero-order chi connectivity index (χ0) is 14.2. The maximum absolute atomic E-state index is 13.6. The number of halogens is 1. The predicted octanol–water partition coefficient (Wildman–Crippen LogP) is 4.27. The van der Waals surface area contributed by atoms with Gasteiger partial charge in [0.15, 0.2) is 11.6 Å². The van der Waals surface area contributed by atoms with Crippen molar-refractivity contribution >= 4 is 5.69 Å². The van der Waals surface area contributed by atoms with Gasteiger partial charge in [0, 0.05) is 18.3 Å². The molecule has 2 aromatic carbocycles. The Labute approximate surface area is 119 Å². The third kappa shape index (κ3) is 4.26. The second-order valence-electron chi connectivity index (χ2n) is 4.59. The lowest BCUT2D eigenvalue weighted by Gasteiger charge is -2.09. The van der Waals surface area contributed by atoms with Crippen LogP contribution in [0.1, 0.15) is 18.9 Å². The molecule has 106 valence electrons. The maximum Gasteiger partial charge on any atom is 0.167 e. The molecule has 0 heterocycles. The van der Waals surface area contributed by atoms with Gasteiger partial charge in [0.25, 0.3) is 0 Å². The minimum Gasteiger partial charge on any atom is -0.491 e. The largest absolute Gasteiger partial charge is 0.491 e. The molecule has 0 saturated heterocycles. The summed E-state index contributed by atoms with van der Waals surface area (Å²) in [7, 11) is 0. The maximum atomic E-state index is 13.6. The first-order valence-electron chi connectivity index (χ1n) is 6.99. The van der Waals surface area contributed by atoms with E-state index in [2.05, 4.69) is 17.4 Å². The zero-order valence-electron chi connectivity index (χ0n) is 11.7. The molecule has 0 radical (unpaired) electrons. The molecule has 0 spiro atoms. The van der Waals surface area contributed by atoms with Gasteiger partial charge in [0.05, 0.1) is 6.61 Å². The molecule has 1 N–H and O–H groups in total. The average molecular weight is 273 g/mol. The van der Waals surface area contributed by atoms with E-state index in [0.29, 0.717) is 12.4 Å². The Morgan fingerprint density at radius 1 is 1.10 bits per heavy atom. The lowest BCUT2D eigenvalue weighted by Crippen LogP contribution is -2.04. The van der Waals surface area contributed by atoms with Crippen LogP contribution in [0, 0.1) is 5.82 Å². The lowest BCUT2D eigenvalue weighted by molar-refractivity contribution is 0.321. The smallest absolute Gasteiger partial charge is 0.167 e. The fraction of sp³-hybridized carbons (Fsp3) is 0.294. The van der Waals surface area contributed by atoms with Crippen molar-refractivity contribution in [3.05, 3.63) is 59.9 Å². The van der Waals surface area contributed by atoms with Crippen LogP contribution in [-0.2, 0) is 6.42 Å². The van der Waals surface area contributed by atoms with Gasteiger partial charge in [0.1, 0.15) is 0 Å². The van der Waals surface area contributed by atoms with Crippen LogP contribution in [0.5, 0.6) is 5.75 Å². The number of hydrogen-bond acceptors (Lipinski definition) is 2. The van der Waals surface area contributed by atoms with Crippen LogP contribution >= 0.6 is 0 Å². The van der Waals surface area contributed by atoms with Gasteiger partial charge in [-0.3, -0.25) is 0 Å². The molecule has 0 atom stereocenters. The normalized spacial score (nSPS) is 10.3. The Bertz CT molecular complexity index is 528. The van der Waals surface area contributed by atoms with Crippen LogP contribution in [0.15, 0.2) is 48.5 Å². The van der Waals surface area contributed by atoms with E-state index in [4.69, 9.17) is 4.74 Å². The van der Waals surface area contributed by atoms with Crippen molar-refractivity contribution in [2.45, 2.75) is 19.8 Å². The van der Waals surface area contributed by atoms with E-state index in [1.165, 1.54) is 11.6 Å². The van der Waals surface area contributed by atoms with Crippen molar-refractivity contribution in [1.29, 1.82) is 0 Å². The van der Waals surface area contributed by atoms with Crippen LogP contribution in [0.4, 0.5) is 10.1 Å². The van der Waals surface area contributed by atoms with Crippen LogP contribution in [0.3, 0.4) is 0 Å². The van der Waals surface area contributed by atoms with Gasteiger partial charge >= 0.3 is 0 Å². The number of nitrogens with one attached hydrogen (secondary N) is 1. The van der Waals surface area contributed by atoms with Gasteiger partial charge in [-0.15, -0.1) is 0 Å². The molecule has 0 bridgehead atoms. The van der Waals surface area contributed by atoms with Crippen molar-refractivity contribution < 1.29 is 9.13 Å². The summed E-state index contributed by atoms with van der Waals surface area (Å²) in [6.45, 7) is 3.14. The zero-order valence-corrected chi connectivity index (χ0v) is 11.7. The molecule has 0 saturated carbocycles. The summed E-state index contributed by atoms with van der Waals surface area (Å²) in [5, 5.41) is 3.23. The third-order valence-electron chi connectivity index (χ3n) is 3.05. The Morgan fingerprint density at radius 2 is 1.90 bits per heavy atom. The molecule has 0 fully saturated rings. The molecule has 0 aromatic heterocycles. The second kappa shape index (κ2) is 7.53. The summed E-state index contributed by atoms with van der Waals surface area (Å²) in [6.07, 6.45) is 2.03. The fourth-order valence-corrected chi connectivity index (χ4v) is 2.05. The molecular formula is C17H20FNO. The molecule has 20 heavy (non-hydrogen) atoms. The molecular weight excluding hydrogens is 253 g/mol. The molecule has 3 heteroatoms. The van der Waals surface area contributed by atoms with Crippen LogP contribution in [-0.4, -0.2) is 13.2 Å². The number of anilines is 1. The summed E-state index contributed by atoms with van der Waals surface area (Å²) in [6, 6.07) is 15.3. The standard InChI is InChI=1S/C17H20FNO/c1-2-20-17-11-10-15(13-16(17)18)19-12-6-9-14-7-4-3-5-8-14/h3-5,7-8,10-11,13,19H,2,6,9,12H2,1H3.